The Morgan fingerprint density at radius 3 is 2.78 bits per heavy atom. The van der Waals surface area contributed by atoms with Crippen LogP contribution >= 0.6 is 11.6 Å². The summed E-state index contributed by atoms with van der Waals surface area (Å²) in [6, 6.07) is 4.71. The Balaban J connectivity index is 2.27. The molecule has 1 aromatic carbocycles. The summed E-state index contributed by atoms with van der Waals surface area (Å²) in [5, 5.41) is 6.19. The van der Waals surface area contributed by atoms with Crippen LogP contribution in [0.25, 0.3) is 0 Å². The maximum Gasteiger partial charge on any atom is 0.221 e. The molecule has 0 atom stereocenters. The normalized spacial score (nSPS) is 10.7. The number of nitrogens with one attached hydrogen (secondary N) is 2. The fourth-order valence-corrected chi connectivity index (χ4v) is 1.64. The summed E-state index contributed by atoms with van der Waals surface area (Å²) in [5.41, 5.74) is 0.545. The van der Waals surface area contributed by atoms with Crippen LogP contribution in [-0.4, -0.2) is 18.5 Å². The summed E-state index contributed by atoms with van der Waals surface area (Å²) in [4.78, 5) is 11.3. The zero-order chi connectivity index (χ0) is 13.5. The Morgan fingerprint density at radius 1 is 1.44 bits per heavy atom. The first-order valence-corrected chi connectivity index (χ1v) is 6.31. The summed E-state index contributed by atoms with van der Waals surface area (Å²) < 4.78 is 13.4. The van der Waals surface area contributed by atoms with Gasteiger partial charge in [-0.1, -0.05) is 17.7 Å². The van der Waals surface area contributed by atoms with Crippen molar-refractivity contribution in [2.75, 3.05) is 6.54 Å². The number of benzene rings is 1. The molecule has 18 heavy (non-hydrogen) atoms. The fraction of sp³-hybridized carbons (Fsp3) is 0.462. The van der Waals surface area contributed by atoms with Crippen LogP contribution < -0.4 is 10.6 Å². The maximum absolute atomic E-state index is 13.4. The van der Waals surface area contributed by atoms with Crippen LogP contribution in [0.4, 0.5) is 4.39 Å². The van der Waals surface area contributed by atoms with Crippen LogP contribution in [0.1, 0.15) is 25.8 Å². The van der Waals surface area contributed by atoms with E-state index in [0.717, 1.165) is 0 Å². The molecule has 0 aromatic heterocycles. The van der Waals surface area contributed by atoms with E-state index >= 15 is 0 Å². The monoisotopic (exact) mass is 272 g/mol. The van der Waals surface area contributed by atoms with E-state index in [2.05, 4.69) is 10.6 Å². The second kappa shape index (κ2) is 7.34. The van der Waals surface area contributed by atoms with Crippen molar-refractivity contribution in [2.45, 2.75) is 32.9 Å². The molecule has 0 spiro atoms. The highest BCUT2D eigenvalue weighted by molar-refractivity contribution is 6.30. The van der Waals surface area contributed by atoms with E-state index in [1.165, 1.54) is 6.07 Å². The smallest absolute Gasteiger partial charge is 0.221 e. The Bertz CT molecular complexity index is 410. The highest BCUT2D eigenvalue weighted by Gasteiger charge is 2.04. The Morgan fingerprint density at radius 2 is 2.17 bits per heavy atom. The first kappa shape index (κ1) is 14.9. The summed E-state index contributed by atoms with van der Waals surface area (Å²) in [5.74, 6) is -0.337. The lowest BCUT2D eigenvalue weighted by Gasteiger charge is -2.09. The molecule has 0 saturated heterocycles. The predicted octanol–water partition coefficient (Wildman–Crippen LogP) is 2.48. The second-order valence-electron chi connectivity index (χ2n) is 4.38. The van der Waals surface area contributed by atoms with Gasteiger partial charge in [0.15, 0.2) is 0 Å². The topological polar surface area (TPSA) is 41.1 Å². The van der Waals surface area contributed by atoms with Gasteiger partial charge in [-0.2, -0.15) is 0 Å². The predicted molar refractivity (Wildman–Crippen MR) is 71.0 cm³/mol. The number of hydrogen-bond donors (Lipinski definition) is 2. The Labute approximate surface area is 112 Å². The minimum absolute atomic E-state index is 0.00548. The van der Waals surface area contributed by atoms with E-state index in [1.807, 2.05) is 13.8 Å². The number of carbonyl (C=O) groups excluding carboxylic acids is 1. The molecular formula is C13H18ClFN2O. The van der Waals surface area contributed by atoms with Gasteiger partial charge >= 0.3 is 0 Å². The molecule has 5 heteroatoms. The van der Waals surface area contributed by atoms with Crippen molar-refractivity contribution in [3.63, 3.8) is 0 Å². The quantitative estimate of drug-likeness (QED) is 0.781. The third-order valence-electron chi connectivity index (χ3n) is 2.31. The molecule has 0 aliphatic heterocycles. The van der Waals surface area contributed by atoms with Crippen LogP contribution in [0.5, 0.6) is 0 Å². The standard InChI is InChI=1S/C13H18ClFN2O/c1-9(2)17-13(18)5-6-16-8-10-3-4-11(14)7-12(10)15/h3-4,7,9,16H,5-6,8H2,1-2H3,(H,17,18). The summed E-state index contributed by atoms with van der Waals surface area (Å²) in [6.45, 7) is 4.72. The zero-order valence-electron chi connectivity index (χ0n) is 10.6. The van der Waals surface area contributed by atoms with Gasteiger partial charge in [-0.3, -0.25) is 4.79 Å². The number of rotatable bonds is 6. The van der Waals surface area contributed by atoms with E-state index in [1.54, 1.807) is 12.1 Å². The number of hydrogen-bond acceptors (Lipinski definition) is 2. The molecule has 2 N–H and O–H groups in total. The molecule has 0 bridgehead atoms. The molecule has 100 valence electrons. The van der Waals surface area contributed by atoms with E-state index in [4.69, 9.17) is 11.6 Å². The average molecular weight is 273 g/mol. The van der Waals surface area contributed by atoms with Gasteiger partial charge in [0, 0.05) is 36.1 Å². The highest BCUT2D eigenvalue weighted by atomic mass is 35.5. The lowest BCUT2D eigenvalue weighted by atomic mass is 10.2. The van der Waals surface area contributed by atoms with Crippen LogP contribution in [0.3, 0.4) is 0 Å². The first-order valence-electron chi connectivity index (χ1n) is 5.93. The molecule has 0 radical (unpaired) electrons. The number of halogens is 2. The van der Waals surface area contributed by atoms with Crippen LogP contribution in [0.2, 0.25) is 5.02 Å². The van der Waals surface area contributed by atoms with E-state index in [-0.39, 0.29) is 17.8 Å². The van der Waals surface area contributed by atoms with Crippen molar-refractivity contribution in [3.8, 4) is 0 Å². The third kappa shape index (κ3) is 5.47. The van der Waals surface area contributed by atoms with Crippen LogP contribution in [0, 0.1) is 5.82 Å². The van der Waals surface area contributed by atoms with Gasteiger partial charge in [0.05, 0.1) is 0 Å². The summed E-state index contributed by atoms with van der Waals surface area (Å²) in [7, 11) is 0. The molecular weight excluding hydrogens is 255 g/mol. The molecule has 0 unspecified atom stereocenters. The second-order valence-corrected chi connectivity index (χ2v) is 4.82. The minimum atomic E-state index is -0.332. The largest absolute Gasteiger partial charge is 0.354 e. The Hall–Kier alpha value is -1.13. The van der Waals surface area contributed by atoms with E-state index < -0.39 is 0 Å². The van der Waals surface area contributed by atoms with Gasteiger partial charge in [0.2, 0.25) is 5.91 Å². The van der Waals surface area contributed by atoms with E-state index in [0.29, 0.717) is 30.1 Å². The average Bonchev–Trinajstić information content (AvgIpc) is 2.25. The molecule has 0 fully saturated rings. The molecule has 3 nitrogen and oxygen atoms in total. The van der Waals surface area contributed by atoms with Gasteiger partial charge in [0.25, 0.3) is 0 Å². The fourth-order valence-electron chi connectivity index (χ4n) is 1.48. The molecule has 1 aromatic rings. The molecule has 0 saturated carbocycles. The third-order valence-corrected chi connectivity index (χ3v) is 2.54. The van der Waals surface area contributed by atoms with Gasteiger partial charge in [-0.15, -0.1) is 0 Å². The first-order chi connectivity index (χ1) is 8.49. The molecule has 0 heterocycles. The van der Waals surface area contributed by atoms with Crippen molar-refractivity contribution in [1.82, 2.24) is 10.6 Å². The molecule has 0 aliphatic carbocycles. The lowest BCUT2D eigenvalue weighted by molar-refractivity contribution is -0.121. The number of carbonyl (C=O) groups is 1. The SMILES string of the molecule is CC(C)NC(=O)CCNCc1ccc(Cl)cc1F. The minimum Gasteiger partial charge on any atom is -0.354 e. The van der Waals surface area contributed by atoms with Crippen molar-refractivity contribution in [3.05, 3.63) is 34.6 Å². The maximum atomic E-state index is 13.4. The van der Waals surface area contributed by atoms with Crippen LogP contribution in [0.15, 0.2) is 18.2 Å². The zero-order valence-corrected chi connectivity index (χ0v) is 11.4. The van der Waals surface area contributed by atoms with Gasteiger partial charge < -0.3 is 10.6 Å². The summed E-state index contributed by atoms with van der Waals surface area (Å²) in [6.07, 6.45) is 0.382. The van der Waals surface area contributed by atoms with E-state index in [9.17, 15) is 9.18 Å². The molecule has 1 amide bonds. The van der Waals surface area contributed by atoms with Crippen molar-refractivity contribution in [1.29, 1.82) is 0 Å². The summed E-state index contributed by atoms with van der Waals surface area (Å²) >= 11 is 5.65. The van der Waals surface area contributed by atoms with Gasteiger partial charge in [-0.05, 0) is 26.0 Å². The molecule has 0 aliphatic rings. The Kier molecular flexibility index (Phi) is 6.09. The van der Waals surface area contributed by atoms with Crippen molar-refractivity contribution in [2.24, 2.45) is 0 Å². The van der Waals surface area contributed by atoms with Crippen molar-refractivity contribution < 1.29 is 9.18 Å². The lowest BCUT2D eigenvalue weighted by Crippen LogP contribution is -2.32. The number of amides is 1. The van der Waals surface area contributed by atoms with Crippen molar-refractivity contribution >= 4 is 17.5 Å². The van der Waals surface area contributed by atoms with Gasteiger partial charge in [-0.25, -0.2) is 4.39 Å². The van der Waals surface area contributed by atoms with Crippen LogP contribution in [-0.2, 0) is 11.3 Å². The van der Waals surface area contributed by atoms with Gasteiger partial charge in [0.1, 0.15) is 5.82 Å². The molecule has 1 rings (SSSR count). The highest BCUT2D eigenvalue weighted by Crippen LogP contribution is 2.14.